The number of carbonyl (C=O) groups excluding carboxylic acids is 1. The van der Waals surface area contributed by atoms with Gasteiger partial charge in [0.25, 0.3) is 5.91 Å². The second-order valence-corrected chi connectivity index (χ2v) is 5.58. The van der Waals surface area contributed by atoms with Gasteiger partial charge in [-0.05, 0) is 46.7 Å². The van der Waals surface area contributed by atoms with E-state index in [4.69, 9.17) is 0 Å². The Bertz CT molecular complexity index is 721. The summed E-state index contributed by atoms with van der Waals surface area (Å²) < 4.78 is 1.86. The second-order valence-electron chi connectivity index (χ2n) is 4.80. The number of hydrogen-bond acceptors (Lipinski definition) is 4. The van der Waals surface area contributed by atoms with Crippen molar-refractivity contribution in [2.24, 2.45) is 0 Å². The molecule has 0 saturated heterocycles. The van der Waals surface area contributed by atoms with Crippen LogP contribution >= 0.6 is 11.3 Å². The fourth-order valence-corrected chi connectivity index (χ4v) is 2.78. The molecule has 0 spiro atoms. The van der Waals surface area contributed by atoms with Crippen molar-refractivity contribution in [1.29, 1.82) is 0 Å². The maximum absolute atomic E-state index is 12.1. The van der Waals surface area contributed by atoms with E-state index >= 15 is 0 Å². The first kappa shape index (κ1) is 14.5. The molecule has 2 N–H and O–H groups in total. The zero-order valence-corrected chi connectivity index (χ0v) is 12.5. The van der Waals surface area contributed by atoms with Crippen molar-refractivity contribution in [3.05, 3.63) is 70.9 Å². The van der Waals surface area contributed by atoms with Gasteiger partial charge in [0.15, 0.2) is 0 Å². The van der Waals surface area contributed by atoms with E-state index in [0.29, 0.717) is 5.56 Å². The van der Waals surface area contributed by atoms with Crippen molar-refractivity contribution >= 4 is 17.2 Å². The van der Waals surface area contributed by atoms with Crippen LogP contribution in [0.3, 0.4) is 0 Å². The van der Waals surface area contributed by atoms with Gasteiger partial charge in [-0.15, -0.1) is 0 Å². The van der Waals surface area contributed by atoms with Crippen LogP contribution < -0.4 is 5.32 Å². The van der Waals surface area contributed by atoms with E-state index in [1.54, 1.807) is 24.7 Å². The summed E-state index contributed by atoms with van der Waals surface area (Å²) in [6, 6.07) is 9.06. The minimum Gasteiger partial charge on any atom is -0.387 e. The molecule has 1 amide bonds. The van der Waals surface area contributed by atoms with Crippen molar-refractivity contribution in [2.75, 3.05) is 6.54 Å². The Hall–Kier alpha value is -2.44. The molecule has 3 aromatic rings. The summed E-state index contributed by atoms with van der Waals surface area (Å²) in [5.74, 6) is -0.202. The largest absolute Gasteiger partial charge is 0.387 e. The number of aliphatic hydroxyl groups excluding tert-OH is 1. The van der Waals surface area contributed by atoms with Crippen LogP contribution in [0.15, 0.2) is 59.8 Å². The molecular formula is C16H15N3O2S. The highest BCUT2D eigenvalue weighted by molar-refractivity contribution is 7.07. The lowest BCUT2D eigenvalue weighted by Crippen LogP contribution is -2.28. The van der Waals surface area contributed by atoms with Gasteiger partial charge in [0.05, 0.1) is 12.4 Å². The highest BCUT2D eigenvalue weighted by Gasteiger charge is 2.11. The monoisotopic (exact) mass is 313 g/mol. The minimum absolute atomic E-state index is 0.193. The van der Waals surface area contributed by atoms with Crippen LogP contribution in [0.25, 0.3) is 5.69 Å². The number of aliphatic hydroxyl groups is 1. The molecule has 0 aliphatic heterocycles. The fraction of sp³-hybridized carbons (Fsp3) is 0.125. The molecule has 0 saturated carbocycles. The van der Waals surface area contributed by atoms with Crippen molar-refractivity contribution in [1.82, 2.24) is 14.9 Å². The average Bonchev–Trinajstić information content (AvgIpc) is 3.25. The maximum atomic E-state index is 12.1. The molecule has 3 rings (SSSR count). The predicted octanol–water partition coefficient (Wildman–Crippen LogP) is 2.40. The van der Waals surface area contributed by atoms with E-state index in [-0.39, 0.29) is 12.5 Å². The molecule has 2 heterocycles. The third-order valence-electron chi connectivity index (χ3n) is 3.32. The Morgan fingerprint density at radius 2 is 2.14 bits per heavy atom. The molecule has 0 bridgehead atoms. The quantitative estimate of drug-likeness (QED) is 0.760. The topological polar surface area (TPSA) is 67.2 Å². The van der Waals surface area contributed by atoms with E-state index < -0.39 is 6.10 Å². The third-order valence-corrected chi connectivity index (χ3v) is 4.02. The molecule has 6 heteroatoms. The zero-order chi connectivity index (χ0) is 15.4. The van der Waals surface area contributed by atoms with Gasteiger partial charge >= 0.3 is 0 Å². The van der Waals surface area contributed by atoms with E-state index in [2.05, 4.69) is 10.3 Å². The molecule has 0 aliphatic carbocycles. The highest BCUT2D eigenvalue weighted by atomic mass is 32.1. The molecule has 0 fully saturated rings. The summed E-state index contributed by atoms with van der Waals surface area (Å²) in [5.41, 5.74) is 2.31. The van der Waals surface area contributed by atoms with Crippen molar-refractivity contribution in [3.8, 4) is 5.69 Å². The Labute approximate surface area is 131 Å². The smallest absolute Gasteiger partial charge is 0.251 e. The van der Waals surface area contributed by atoms with Crippen molar-refractivity contribution in [3.63, 3.8) is 0 Å². The number of aromatic nitrogens is 2. The van der Waals surface area contributed by atoms with E-state index in [9.17, 15) is 9.90 Å². The van der Waals surface area contributed by atoms with Crippen molar-refractivity contribution in [2.45, 2.75) is 6.10 Å². The number of rotatable bonds is 5. The normalized spacial score (nSPS) is 12.0. The Morgan fingerprint density at radius 3 is 2.77 bits per heavy atom. The van der Waals surface area contributed by atoms with Gasteiger partial charge in [0.1, 0.15) is 0 Å². The first-order valence-electron chi connectivity index (χ1n) is 6.81. The maximum Gasteiger partial charge on any atom is 0.251 e. The number of nitrogens with one attached hydrogen (secondary N) is 1. The van der Waals surface area contributed by atoms with E-state index in [0.717, 1.165) is 11.3 Å². The highest BCUT2D eigenvalue weighted by Crippen LogP contribution is 2.15. The van der Waals surface area contributed by atoms with Crippen molar-refractivity contribution < 1.29 is 9.90 Å². The van der Waals surface area contributed by atoms with Gasteiger partial charge in [0, 0.05) is 30.2 Å². The number of benzene rings is 1. The molecule has 2 aromatic heterocycles. The summed E-state index contributed by atoms with van der Waals surface area (Å²) in [5, 5.41) is 16.5. The number of carbonyl (C=O) groups is 1. The Balaban J connectivity index is 1.60. The van der Waals surface area contributed by atoms with Gasteiger partial charge in [-0.3, -0.25) is 4.79 Å². The van der Waals surface area contributed by atoms with Crippen LogP contribution in [0.5, 0.6) is 0 Å². The van der Waals surface area contributed by atoms with Gasteiger partial charge in [-0.25, -0.2) is 4.98 Å². The van der Waals surface area contributed by atoms with Crippen LogP contribution in [0.1, 0.15) is 22.0 Å². The number of amides is 1. The Morgan fingerprint density at radius 1 is 1.32 bits per heavy atom. The number of thiophene rings is 1. The number of imidazole rings is 1. The molecule has 1 atom stereocenters. The predicted molar refractivity (Wildman–Crippen MR) is 85.2 cm³/mol. The molecule has 1 aromatic carbocycles. The standard InChI is InChI=1S/C16H15N3O2S/c20-15(13-5-8-22-10-13)9-18-16(21)12-1-3-14(4-2-12)19-7-6-17-11-19/h1-8,10-11,15,20H,9H2,(H,18,21). The zero-order valence-electron chi connectivity index (χ0n) is 11.7. The molecule has 5 nitrogen and oxygen atoms in total. The van der Waals surface area contributed by atoms with Gasteiger partial charge < -0.3 is 15.0 Å². The van der Waals surface area contributed by atoms with E-state index in [1.165, 1.54) is 11.3 Å². The molecular weight excluding hydrogens is 298 g/mol. The second kappa shape index (κ2) is 6.55. The van der Waals surface area contributed by atoms with Gasteiger partial charge in [-0.1, -0.05) is 0 Å². The summed E-state index contributed by atoms with van der Waals surface area (Å²) in [6.07, 6.45) is 4.56. The van der Waals surface area contributed by atoms with Crippen LogP contribution in [0, 0.1) is 0 Å². The van der Waals surface area contributed by atoms with Crippen LogP contribution in [0.4, 0.5) is 0 Å². The lowest BCUT2D eigenvalue weighted by molar-refractivity contribution is 0.0916. The SMILES string of the molecule is O=C(NCC(O)c1ccsc1)c1ccc(-n2ccnc2)cc1. The van der Waals surface area contributed by atoms with Crippen LogP contribution in [0.2, 0.25) is 0 Å². The fourth-order valence-electron chi connectivity index (χ4n) is 2.07. The van der Waals surface area contributed by atoms with Crippen LogP contribution in [-0.2, 0) is 0 Å². The van der Waals surface area contributed by atoms with Gasteiger partial charge in [-0.2, -0.15) is 11.3 Å². The molecule has 22 heavy (non-hydrogen) atoms. The summed E-state index contributed by atoms with van der Waals surface area (Å²) >= 11 is 1.52. The molecule has 0 radical (unpaired) electrons. The summed E-state index contributed by atoms with van der Waals surface area (Å²) in [6.45, 7) is 0.193. The first-order valence-corrected chi connectivity index (χ1v) is 7.75. The van der Waals surface area contributed by atoms with Crippen LogP contribution in [-0.4, -0.2) is 27.1 Å². The lowest BCUT2D eigenvalue weighted by Gasteiger charge is -2.11. The lowest BCUT2D eigenvalue weighted by atomic mass is 10.1. The first-order chi connectivity index (χ1) is 10.7. The number of nitrogens with zero attached hydrogens (tertiary/aromatic N) is 2. The van der Waals surface area contributed by atoms with E-state index in [1.807, 2.05) is 39.7 Å². The minimum atomic E-state index is -0.680. The number of hydrogen-bond donors (Lipinski definition) is 2. The summed E-state index contributed by atoms with van der Waals surface area (Å²) in [7, 11) is 0. The summed E-state index contributed by atoms with van der Waals surface area (Å²) in [4.78, 5) is 16.1. The molecule has 0 aliphatic rings. The molecule has 112 valence electrons. The van der Waals surface area contributed by atoms with Gasteiger partial charge in [0.2, 0.25) is 0 Å². The average molecular weight is 313 g/mol. The molecule has 1 unspecified atom stereocenters. The Kier molecular flexibility index (Phi) is 4.32. The third kappa shape index (κ3) is 3.24.